The van der Waals surface area contributed by atoms with E-state index in [2.05, 4.69) is 4.99 Å². The first-order valence-corrected chi connectivity index (χ1v) is 8.37. The first-order valence-electron chi connectivity index (χ1n) is 7.55. The molecule has 0 saturated carbocycles. The average molecular weight is 339 g/mol. The fourth-order valence-corrected chi connectivity index (χ4v) is 4.46. The molecule has 0 radical (unpaired) electrons. The lowest BCUT2D eigenvalue weighted by Gasteiger charge is -2.20. The molecule has 1 atom stereocenters. The molecule has 1 aromatic carbocycles. The van der Waals surface area contributed by atoms with Crippen LogP contribution in [0.3, 0.4) is 0 Å². The van der Waals surface area contributed by atoms with Gasteiger partial charge in [-0.25, -0.2) is 0 Å². The number of primary amides is 2. The van der Waals surface area contributed by atoms with Crippen LogP contribution in [0.4, 0.5) is 0 Å². The van der Waals surface area contributed by atoms with Crippen LogP contribution >= 0.6 is 11.3 Å². The molecule has 0 fully saturated rings. The average Bonchev–Trinajstić information content (AvgIpc) is 3.20. The lowest BCUT2D eigenvalue weighted by atomic mass is 9.91. The fourth-order valence-electron chi connectivity index (χ4n) is 2.93. The maximum absolute atomic E-state index is 12.2. The van der Waals surface area contributed by atoms with Crippen molar-refractivity contribution in [1.82, 2.24) is 0 Å². The Morgan fingerprint density at radius 3 is 2.42 bits per heavy atom. The summed E-state index contributed by atoms with van der Waals surface area (Å²) in [6.45, 7) is 1.95. The Labute approximate surface area is 143 Å². The molecular weight excluding hydrogens is 322 g/mol. The molecule has 0 saturated heterocycles. The number of nitrogens with two attached hydrogens (primary N) is 2. The van der Waals surface area contributed by atoms with Gasteiger partial charge in [-0.15, -0.1) is 11.3 Å². The number of rotatable bonds is 5. The smallest absolute Gasteiger partial charge is 0.254 e. The van der Waals surface area contributed by atoms with E-state index in [-0.39, 0.29) is 0 Å². The van der Waals surface area contributed by atoms with Crippen molar-refractivity contribution in [3.63, 3.8) is 0 Å². The highest BCUT2D eigenvalue weighted by Crippen LogP contribution is 2.44. The van der Waals surface area contributed by atoms with Gasteiger partial charge in [-0.3, -0.25) is 14.6 Å². The molecule has 0 spiro atoms. The predicted octanol–water partition coefficient (Wildman–Crippen LogP) is 2.40. The van der Waals surface area contributed by atoms with Crippen molar-refractivity contribution in [1.29, 1.82) is 0 Å². The topological polar surface area (TPSA) is 98.5 Å². The van der Waals surface area contributed by atoms with Crippen LogP contribution in [-0.2, 0) is 16.8 Å². The highest BCUT2D eigenvalue weighted by atomic mass is 32.1. The number of hydrogen-bond acceptors (Lipinski definition) is 4. The summed E-state index contributed by atoms with van der Waals surface area (Å²) < 4.78 is 0. The number of amides is 2. The number of aliphatic imine (C=N–C) groups is 1. The van der Waals surface area contributed by atoms with E-state index in [9.17, 15) is 9.59 Å². The zero-order valence-electron chi connectivity index (χ0n) is 13.2. The third-order valence-corrected chi connectivity index (χ3v) is 5.47. The maximum Gasteiger partial charge on any atom is 0.254 e. The predicted molar refractivity (Wildman–Crippen MR) is 96.2 cm³/mol. The number of carbonyl (C=O) groups is 2. The Hall–Kier alpha value is -2.73. The molecule has 1 unspecified atom stereocenters. The summed E-state index contributed by atoms with van der Waals surface area (Å²) in [4.78, 5) is 30.0. The van der Waals surface area contributed by atoms with Crippen molar-refractivity contribution in [2.75, 3.05) is 0 Å². The highest BCUT2D eigenvalue weighted by molar-refractivity contribution is 7.16. The summed E-state index contributed by atoms with van der Waals surface area (Å²) in [6.07, 6.45) is 5.40. The molecule has 0 aliphatic carbocycles. The number of allylic oxidation sites excluding steroid dienone is 1. The summed E-state index contributed by atoms with van der Waals surface area (Å²) >= 11 is 1.35. The Balaban J connectivity index is 2.33. The second-order valence-corrected chi connectivity index (χ2v) is 6.49. The Bertz CT molecular complexity index is 854. The van der Waals surface area contributed by atoms with Gasteiger partial charge in [-0.2, -0.15) is 0 Å². The van der Waals surface area contributed by atoms with Gasteiger partial charge < -0.3 is 11.5 Å². The summed E-state index contributed by atoms with van der Waals surface area (Å²) in [5.74, 6) is -1.20. The van der Waals surface area contributed by atoms with Crippen molar-refractivity contribution in [3.05, 3.63) is 58.5 Å². The molecule has 2 heterocycles. The zero-order valence-corrected chi connectivity index (χ0v) is 14.0. The SMILES string of the molecule is CCc1c(-c2ccccc2)sc(C2(C(N)=O)C=CC=N2)c1C(N)=O. The summed E-state index contributed by atoms with van der Waals surface area (Å²) in [6, 6.07) is 9.70. The monoisotopic (exact) mass is 339 g/mol. The van der Waals surface area contributed by atoms with Gasteiger partial charge >= 0.3 is 0 Å². The van der Waals surface area contributed by atoms with Crippen LogP contribution in [0.1, 0.15) is 27.7 Å². The van der Waals surface area contributed by atoms with Gasteiger partial charge in [0.15, 0.2) is 5.54 Å². The lowest BCUT2D eigenvalue weighted by Crippen LogP contribution is -2.37. The van der Waals surface area contributed by atoms with Crippen LogP contribution in [-0.4, -0.2) is 18.0 Å². The van der Waals surface area contributed by atoms with Crippen LogP contribution in [0.2, 0.25) is 0 Å². The Morgan fingerprint density at radius 1 is 1.21 bits per heavy atom. The van der Waals surface area contributed by atoms with Gasteiger partial charge in [0.2, 0.25) is 5.91 Å². The van der Waals surface area contributed by atoms with Crippen molar-refractivity contribution in [3.8, 4) is 10.4 Å². The van der Waals surface area contributed by atoms with Crippen molar-refractivity contribution >= 4 is 29.4 Å². The van der Waals surface area contributed by atoms with E-state index in [1.807, 2.05) is 37.3 Å². The number of benzene rings is 1. The van der Waals surface area contributed by atoms with Gasteiger partial charge in [0.25, 0.3) is 5.91 Å². The standard InChI is InChI=1S/C18H17N3O2S/c1-2-12-13(16(19)22)15(18(17(20)23)9-6-10-21-18)24-14(12)11-7-4-3-5-8-11/h3-10H,2H2,1H3,(H2,19,22)(H2,20,23). The Morgan fingerprint density at radius 2 is 1.92 bits per heavy atom. The molecule has 0 bridgehead atoms. The fraction of sp³-hybridized carbons (Fsp3) is 0.167. The first-order chi connectivity index (χ1) is 11.5. The first kappa shape index (κ1) is 16.1. The van der Waals surface area contributed by atoms with Gasteiger partial charge in [0.05, 0.1) is 10.4 Å². The minimum atomic E-state index is -1.36. The normalized spacial score (nSPS) is 18.9. The molecule has 24 heavy (non-hydrogen) atoms. The molecule has 5 nitrogen and oxygen atoms in total. The number of hydrogen-bond donors (Lipinski definition) is 2. The molecule has 1 aromatic heterocycles. The Kier molecular flexibility index (Phi) is 4.07. The molecule has 3 rings (SSSR count). The van der Waals surface area contributed by atoms with Gasteiger partial charge in [-0.1, -0.05) is 37.3 Å². The number of thiophene rings is 1. The molecule has 4 N–H and O–H groups in total. The highest BCUT2D eigenvalue weighted by Gasteiger charge is 2.43. The van der Waals surface area contributed by atoms with E-state index in [1.54, 1.807) is 12.2 Å². The molecule has 6 heteroatoms. The second-order valence-electron chi connectivity index (χ2n) is 5.47. The van der Waals surface area contributed by atoms with E-state index in [0.717, 1.165) is 16.0 Å². The summed E-state index contributed by atoms with van der Waals surface area (Å²) in [5, 5.41) is 0. The second kappa shape index (κ2) is 6.05. The summed E-state index contributed by atoms with van der Waals surface area (Å²) in [7, 11) is 0. The van der Waals surface area contributed by atoms with Gasteiger partial charge in [-0.05, 0) is 29.7 Å². The van der Waals surface area contributed by atoms with Crippen LogP contribution in [0.25, 0.3) is 10.4 Å². The van der Waals surface area contributed by atoms with Crippen molar-refractivity contribution < 1.29 is 9.59 Å². The molecular formula is C18H17N3O2S. The number of nitrogens with zero attached hydrogens (tertiary/aromatic N) is 1. The minimum absolute atomic E-state index is 0.351. The molecule has 2 amide bonds. The maximum atomic E-state index is 12.2. The minimum Gasteiger partial charge on any atom is -0.367 e. The van der Waals surface area contributed by atoms with E-state index in [4.69, 9.17) is 11.5 Å². The zero-order chi connectivity index (χ0) is 17.3. The van der Waals surface area contributed by atoms with Crippen LogP contribution < -0.4 is 11.5 Å². The quantitative estimate of drug-likeness (QED) is 0.874. The van der Waals surface area contributed by atoms with Gasteiger partial charge in [0.1, 0.15) is 0 Å². The largest absolute Gasteiger partial charge is 0.367 e. The third-order valence-electron chi connectivity index (χ3n) is 4.07. The molecule has 122 valence electrons. The van der Waals surface area contributed by atoms with E-state index < -0.39 is 17.4 Å². The summed E-state index contributed by atoms with van der Waals surface area (Å²) in [5.41, 5.74) is 12.1. The molecule has 2 aromatic rings. The lowest BCUT2D eigenvalue weighted by molar-refractivity contribution is -0.121. The number of carbonyl (C=O) groups excluding carboxylic acids is 2. The van der Waals surface area contributed by atoms with E-state index in [0.29, 0.717) is 16.9 Å². The van der Waals surface area contributed by atoms with Crippen LogP contribution in [0.15, 0.2) is 47.5 Å². The molecule has 1 aliphatic rings. The van der Waals surface area contributed by atoms with Crippen molar-refractivity contribution in [2.45, 2.75) is 18.9 Å². The van der Waals surface area contributed by atoms with E-state index in [1.165, 1.54) is 17.6 Å². The third kappa shape index (κ3) is 2.35. The van der Waals surface area contributed by atoms with Crippen LogP contribution in [0.5, 0.6) is 0 Å². The van der Waals surface area contributed by atoms with Crippen LogP contribution in [0, 0.1) is 0 Å². The van der Waals surface area contributed by atoms with E-state index >= 15 is 0 Å². The molecule has 1 aliphatic heterocycles. The van der Waals surface area contributed by atoms with Crippen molar-refractivity contribution in [2.24, 2.45) is 16.5 Å². The van der Waals surface area contributed by atoms with Gasteiger partial charge in [0, 0.05) is 11.1 Å².